The quantitative estimate of drug-likeness (QED) is 0.769. The minimum atomic E-state index is -4.09. The normalized spacial score (nSPS) is 12.1. The van der Waals surface area contributed by atoms with Gasteiger partial charge in [-0.05, 0) is 6.07 Å². The van der Waals surface area contributed by atoms with Crippen molar-refractivity contribution in [2.75, 3.05) is 0 Å². The fourth-order valence-corrected chi connectivity index (χ4v) is 2.18. The molecule has 0 spiro atoms. The molecule has 1 aromatic rings. The lowest BCUT2D eigenvalue weighted by Gasteiger charge is -2.02. The molecule has 0 radical (unpaired) electrons. The monoisotopic (exact) mass is 261 g/mol. The second kappa shape index (κ2) is 3.96. The Labute approximate surface area is 88.1 Å². The summed E-state index contributed by atoms with van der Waals surface area (Å²) >= 11 is 5.40. The Bertz CT molecular complexity index is 449. The molecule has 0 aliphatic heterocycles. The molecule has 0 aromatic carbocycles. The van der Waals surface area contributed by atoms with Crippen molar-refractivity contribution in [3.63, 3.8) is 0 Å². The molecule has 0 fully saturated rings. The highest BCUT2D eigenvalue weighted by atomic mass is 35.7. The molecule has 0 N–H and O–H groups in total. The van der Waals surface area contributed by atoms with Crippen LogP contribution in [0.25, 0.3) is 0 Å². The van der Waals surface area contributed by atoms with E-state index in [4.69, 9.17) is 22.3 Å². The van der Waals surface area contributed by atoms with E-state index in [1.54, 1.807) is 0 Å². The first-order valence-electron chi connectivity index (χ1n) is 3.20. The summed E-state index contributed by atoms with van der Waals surface area (Å²) < 4.78 is 45.7. The summed E-state index contributed by atoms with van der Waals surface area (Å²) in [5.74, 6) is 0. The van der Waals surface area contributed by atoms with E-state index < -0.39 is 31.1 Å². The van der Waals surface area contributed by atoms with Gasteiger partial charge in [-0.15, -0.1) is 0 Å². The first kappa shape index (κ1) is 11.6. The standard InChI is InChI=1S/C6H3Cl2F2NO2S/c7-4-1-3(5(9)10)2-11-6(4)14(8,12)13/h1-2,5H. The number of rotatable bonds is 2. The van der Waals surface area contributed by atoms with Crippen LogP contribution in [0.1, 0.15) is 12.0 Å². The van der Waals surface area contributed by atoms with Gasteiger partial charge in [-0.2, -0.15) is 0 Å². The predicted molar refractivity (Wildman–Crippen MR) is 47.2 cm³/mol. The number of hydrogen-bond donors (Lipinski definition) is 0. The molecule has 78 valence electrons. The molecule has 0 saturated carbocycles. The third-order valence-corrected chi connectivity index (χ3v) is 2.94. The average Bonchev–Trinajstić information content (AvgIpc) is 2.01. The maximum Gasteiger partial charge on any atom is 0.280 e. The highest BCUT2D eigenvalue weighted by Crippen LogP contribution is 2.27. The van der Waals surface area contributed by atoms with Crippen LogP contribution < -0.4 is 0 Å². The molecule has 0 atom stereocenters. The van der Waals surface area contributed by atoms with Crippen molar-refractivity contribution >= 4 is 31.3 Å². The number of alkyl halides is 2. The Morgan fingerprint density at radius 3 is 2.36 bits per heavy atom. The molecule has 14 heavy (non-hydrogen) atoms. The van der Waals surface area contributed by atoms with Crippen molar-refractivity contribution < 1.29 is 17.2 Å². The van der Waals surface area contributed by atoms with Crippen molar-refractivity contribution in [1.82, 2.24) is 4.98 Å². The van der Waals surface area contributed by atoms with E-state index in [9.17, 15) is 17.2 Å². The maximum atomic E-state index is 12.1. The third-order valence-electron chi connectivity index (χ3n) is 1.31. The molecule has 1 heterocycles. The van der Waals surface area contributed by atoms with E-state index in [1.807, 2.05) is 0 Å². The van der Waals surface area contributed by atoms with Gasteiger partial charge in [0, 0.05) is 22.4 Å². The Kier molecular flexibility index (Phi) is 3.28. The zero-order valence-electron chi connectivity index (χ0n) is 6.42. The second-order valence-electron chi connectivity index (χ2n) is 2.29. The summed E-state index contributed by atoms with van der Waals surface area (Å²) in [6.45, 7) is 0. The Morgan fingerprint density at radius 1 is 1.43 bits per heavy atom. The van der Waals surface area contributed by atoms with Crippen molar-refractivity contribution in [3.05, 3.63) is 22.8 Å². The smallest absolute Gasteiger partial charge is 0.242 e. The highest BCUT2D eigenvalue weighted by molar-refractivity contribution is 8.13. The predicted octanol–water partition coefficient (Wildman–Crippen LogP) is 2.60. The Morgan fingerprint density at radius 2 is 2.00 bits per heavy atom. The molecule has 0 bridgehead atoms. The van der Waals surface area contributed by atoms with E-state index in [0.29, 0.717) is 6.20 Å². The zero-order chi connectivity index (χ0) is 10.9. The van der Waals surface area contributed by atoms with Gasteiger partial charge in [-0.3, -0.25) is 0 Å². The van der Waals surface area contributed by atoms with Crippen LogP contribution in [-0.2, 0) is 9.05 Å². The van der Waals surface area contributed by atoms with Crippen LogP contribution in [0.5, 0.6) is 0 Å². The fraction of sp³-hybridized carbons (Fsp3) is 0.167. The van der Waals surface area contributed by atoms with Gasteiger partial charge in [0.05, 0.1) is 5.02 Å². The summed E-state index contributed by atoms with van der Waals surface area (Å²) in [5, 5.41) is -1.04. The van der Waals surface area contributed by atoms with Crippen LogP contribution in [-0.4, -0.2) is 13.4 Å². The van der Waals surface area contributed by atoms with Gasteiger partial charge in [0.1, 0.15) is 0 Å². The average molecular weight is 262 g/mol. The molecule has 0 saturated heterocycles. The van der Waals surface area contributed by atoms with Gasteiger partial charge in [-0.1, -0.05) is 11.6 Å². The zero-order valence-corrected chi connectivity index (χ0v) is 8.74. The second-order valence-corrected chi connectivity index (χ2v) is 5.18. The van der Waals surface area contributed by atoms with E-state index in [0.717, 1.165) is 6.07 Å². The Balaban J connectivity index is 3.28. The molecule has 8 heteroatoms. The molecule has 0 aliphatic carbocycles. The topological polar surface area (TPSA) is 47.0 Å². The van der Waals surface area contributed by atoms with Crippen LogP contribution in [0.4, 0.5) is 8.78 Å². The largest absolute Gasteiger partial charge is 0.280 e. The van der Waals surface area contributed by atoms with Gasteiger partial charge >= 0.3 is 0 Å². The molecule has 3 nitrogen and oxygen atoms in total. The lowest BCUT2D eigenvalue weighted by atomic mass is 10.3. The summed E-state index contributed by atoms with van der Waals surface area (Å²) in [7, 11) is 0.842. The SMILES string of the molecule is O=S(=O)(Cl)c1ncc(C(F)F)cc1Cl. The number of hydrogen-bond acceptors (Lipinski definition) is 3. The molecule has 1 rings (SSSR count). The molecular formula is C6H3Cl2F2NO2S. The van der Waals surface area contributed by atoms with Crippen molar-refractivity contribution in [2.24, 2.45) is 0 Å². The fourth-order valence-electron chi connectivity index (χ4n) is 0.739. The number of nitrogens with zero attached hydrogens (tertiary/aromatic N) is 1. The van der Waals surface area contributed by atoms with Gasteiger partial charge in [0.15, 0.2) is 5.03 Å². The number of halogens is 4. The van der Waals surface area contributed by atoms with Crippen molar-refractivity contribution in [1.29, 1.82) is 0 Å². The van der Waals surface area contributed by atoms with Gasteiger partial charge in [0.2, 0.25) is 0 Å². The van der Waals surface area contributed by atoms with Crippen molar-refractivity contribution in [3.8, 4) is 0 Å². The van der Waals surface area contributed by atoms with E-state index in [-0.39, 0.29) is 0 Å². The first-order valence-corrected chi connectivity index (χ1v) is 5.89. The number of aromatic nitrogens is 1. The lowest BCUT2D eigenvalue weighted by Crippen LogP contribution is -1.98. The molecule has 0 aliphatic rings. The number of pyridine rings is 1. The minimum absolute atomic E-state index is 0.419. The van der Waals surface area contributed by atoms with Gasteiger partial charge in [-0.25, -0.2) is 22.2 Å². The van der Waals surface area contributed by atoms with Crippen LogP contribution >= 0.6 is 22.3 Å². The molecule has 0 amide bonds. The molecule has 1 aromatic heterocycles. The molecule has 0 unspecified atom stereocenters. The summed E-state index contributed by atoms with van der Waals surface area (Å²) in [4.78, 5) is 3.24. The van der Waals surface area contributed by atoms with Gasteiger partial charge in [0.25, 0.3) is 15.5 Å². The first-order chi connectivity index (χ1) is 6.32. The van der Waals surface area contributed by atoms with Crippen LogP contribution in [0.2, 0.25) is 5.02 Å². The van der Waals surface area contributed by atoms with E-state index in [2.05, 4.69) is 4.98 Å². The lowest BCUT2D eigenvalue weighted by molar-refractivity contribution is 0.151. The highest BCUT2D eigenvalue weighted by Gasteiger charge is 2.19. The summed E-state index contributed by atoms with van der Waals surface area (Å²) in [6, 6.07) is 0.814. The molecular weight excluding hydrogens is 259 g/mol. The van der Waals surface area contributed by atoms with Crippen LogP contribution in [0.3, 0.4) is 0 Å². The van der Waals surface area contributed by atoms with E-state index >= 15 is 0 Å². The summed E-state index contributed by atoms with van der Waals surface area (Å²) in [5.41, 5.74) is -0.459. The van der Waals surface area contributed by atoms with Crippen LogP contribution in [0, 0.1) is 0 Å². The minimum Gasteiger partial charge on any atom is -0.242 e. The van der Waals surface area contributed by atoms with Gasteiger partial charge < -0.3 is 0 Å². The van der Waals surface area contributed by atoms with Crippen molar-refractivity contribution in [2.45, 2.75) is 11.5 Å². The summed E-state index contributed by atoms with van der Waals surface area (Å²) in [6.07, 6.45) is -2.04. The Hall–Kier alpha value is -0.460. The van der Waals surface area contributed by atoms with E-state index in [1.165, 1.54) is 0 Å². The van der Waals surface area contributed by atoms with Crippen LogP contribution in [0.15, 0.2) is 17.3 Å². The maximum absolute atomic E-state index is 12.1. The third kappa shape index (κ3) is 2.52.